The van der Waals surface area contributed by atoms with Gasteiger partial charge in [-0.2, -0.15) is 0 Å². The molecule has 1 saturated heterocycles. The fourth-order valence-electron chi connectivity index (χ4n) is 3.27. The van der Waals surface area contributed by atoms with Crippen LogP contribution >= 0.6 is 11.6 Å². The van der Waals surface area contributed by atoms with Crippen LogP contribution in [0.25, 0.3) is 0 Å². The SMILES string of the molecule is COc1ccc([C@@H](CNC(=O)Nc2cccc(Cl)c2)N2CCCC2)cc1. The van der Waals surface area contributed by atoms with Gasteiger partial charge in [-0.25, -0.2) is 4.79 Å². The van der Waals surface area contributed by atoms with Crippen LogP contribution in [0.15, 0.2) is 48.5 Å². The van der Waals surface area contributed by atoms with E-state index in [4.69, 9.17) is 16.3 Å². The Labute approximate surface area is 159 Å². The molecule has 0 bridgehead atoms. The quantitative estimate of drug-likeness (QED) is 0.793. The summed E-state index contributed by atoms with van der Waals surface area (Å²) in [6, 6.07) is 15.1. The monoisotopic (exact) mass is 373 g/mol. The lowest BCUT2D eigenvalue weighted by molar-refractivity contribution is 0.227. The zero-order chi connectivity index (χ0) is 18.4. The Balaban J connectivity index is 1.64. The van der Waals surface area contributed by atoms with Crippen LogP contribution < -0.4 is 15.4 Å². The Morgan fingerprint density at radius 1 is 1.19 bits per heavy atom. The largest absolute Gasteiger partial charge is 0.497 e. The van der Waals surface area contributed by atoms with Gasteiger partial charge in [0, 0.05) is 17.3 Å². The molecule has 3 rings (SSSR count). The smallest absolute Gasteiger partial charge is 0.319 e. The lowest BCUT2D eigenvalue weighted by Gasteiger charge is -2.28. The molecule has 0 aromatic heterocycles. The number of benzene rings is 2. The van der Waals surface area contributed by atoms with E-state index in [-0.39, 0.29) is 12.1 Å². The number of carbonyl (C=O) groups excluding carboxylic acids is 1. The fraction of sp³-hybridized carbons (Fsp3) is 0.350. The van der Waals surface area contributed by atoms with Crippen molar-refractivity contribution in [1.29, 1.82) is 0 Å². The molecule has 26 heavy (non-hydrogen) atoms. The van der Waals surface area contributed by atoms with E-state index in [1.54, 1.807) is 19.2 Å². The van der Waals surface area contributed by atoms with Crippen molar-refractivity contribution in [2.24, 2.45) is 0 Å². The highest BCUT2D eigenvalue weighted by atomic mass is 35.5. The first-order valence-electron chi connectivity index (χ1n) is 8.84. The molecule has 2 aromatic carbocycles. The second-order valence-electron chi connectivity index (χ2n) is 6.38. The number of rotatable bonds is 6. The second kappa shape index (κ2) is 8.92. The first-order valence-corrected chi connectivity index (χ1v) is 9.22. The number of hydrogen-bond donors (Lipinski definition) is 2. The van der Waals surface area contributed by atoms with Crippen molar-refractivity contribution in [2.75, 3.05) is 32.1 Å². The van der Waals surface area contributed by atoms with E-state index >= 15 is 0 Å². The number of amides is 2. The van der Waals surface area contributed by atoms with Crippen molar-refractivity contribution in [3.63, 3.8) is 0 Å². The van der Waals surface area contributed by atoms with Crippen molar-refractivity contribution in [3.05, 3.63) is 59.1 Å². The van der Waals surface area contributed by atoms with Crippen LogP contribution in [0.4, 0.5) is 10.5 Å². The number of nitrogens with one attached hydrogen (secondary N) is 2. The normalized spacial score (nSPS) is 15.5. The van der Waals surface area contributed by atoms with Gasteiger partial charge in [-0.1, -0.05) is 29.8 Å². The number of halogens is 1. The maximum atomic E-state index is 12.3. The van der Waals surface area contributed by atoms with Gasteiger partial charge in [-0.05, 0) is 61.8 Å². The molecule has 5 nitrogen and oxygen atoms in total. The maximum absolute atomic E-state index is 12.3. The third kappa shape index (κ3) is 4.90. The van der Waals surface area contributed by atoms with E-state index in [9.17, 15) is 4.79 Å². The Hall–Kier alpha value is -2.24. The van der Waals surface area contributed by atoms with Gasteiger partial charge in [0.1, 0.15) is 5.75 Å². The van der Waals surface area contributed by atoms with Crippen LogP contribution in [0, 0.1) is 0 Å². The molecule has 1 heterocycles. The summed E-state index contributed by atoms with van der Waals surface area (Å²) in [5, 5.41) is 6.41. The van der Waals surface area contributed by atoms with Gasteiger partial charge in [-0.3, -0.25) is 4.90 Å². The molecule has 1 aliphatic heterocycles. The molecule has 0 aliphatic carbocycles. The summed E-state index contributed by atoms with van der Waals surface area (Å²) in [6.45, 7) is 2.64. The first-order chi connectivity index (χ1) is 12.7. The Kier molecular flexibility index (Phi) is 6.36. The van der Waals surface area contributed by atoms with Crippen LogP contribution in [0.3, 0.4) is 0 Å². The van der Waals surface area contributed by atoms with Crippen molar-refractivity contribution in [1.82, 2.24) is 10.2 Å². The molecule has 0 radical (unpaired) electrons. The van der Waals surface area contributed by atoms with Crippen LogP contribution in [-0.4, -0.2) is 37.7 Å². The molecular formula is C20H24ClN3O2. The average molecular weight is 374 g/mol. The van der Waals surface area contributed by atoms with Crippen molar-refractivity contribution in [2.45, 2.75) is 18.9 Å². The summed E-state index contributed by atoms with van der Waals surface area (Å²) in [4.78, 5) is 14.7. The Morgan fingerprint density at radius 3 is 2.58 bits per heavy atom. The van der Waals surface area contributed by atoms with E-state index in [1.807, 2.05) is 24.3 Å². The summed E-state index contributed by atoms with van der Waals surface area (Å²) in [5.74, 6) is 0.834. The molecule has 1 fully saturated rings. The van der Waals surface area contributed by atoms with E-state index in [0.29, 0.717) is 17.3 Å². The molecule has 2 N–H and O–H groups in total. The average Bonchev–Trinajstić information content (AvgIpc) is 3.17. The molecule has 0 unspecified atom stereocenters. The van der Waals surface area contributed by atoms with E-state index in [2.05, 4.69) is 27.7 Å². The van der Waals surface area contributed by atoms with Gasteiger partial charge in [-0.15, -0.1) is 0 Å². The van der Waals surface area contributed by atoms with Crippen molar-refractivity contribution < 1.29 is 9.53 Å². The summed E-state index contributed by atoms with van der Waals surface area (Å²) in [5.41, 5.74) is 1.85. The molecule has 6 heteroatoms. The molecule has 0 saturated carbocycles. The standard InChI is InChI=1S/C20H24ClN3O2/c1-26-18-9-7-15(8-10-18)19(24-11-2-3-12-24)14-22-20(25)23-17-6-4-5-16(21)13-17/h4-10,13,19H,2-3,11-12,14H2,1H3,(H2,22,23,25)/t19-/m1/s1. The number of anilines is 1. The number of ether oxygens (including phenoxy) is 1. The van der Waals surface area contributed by atoms with Crippen LogP contribution in [0.1, 0.15) is 24.4 Å². The van der Waals surface area contributed by atoms with Crippen molar-refractivity contribution >= 4 is 23.3 Å². The molecular weight excluding hydrogens is 350 g/mol. The topological polar surface area (TPSA) is 53.6 Å². The third-order valence-electron chi connectivity index (χ3n) is 4.62. The van der Waals surface area contributed by atoms with E-state index in [1.165, 1.54) is 18.4 Å². The third-order valence-corrected chi connectivity index (χ3v) is 4.86. The highest BCUT2D eigenvalue weighted by Gasteiger charge is 2.24. The second-order valence-corrected chi connectivity index (χ2v) is 6.81. The predicted molar refractivity (Wildman–Crippen MR) is 105 cm³/mol. The van der Waals surface area contributed by atoms with Gasteiger partial charge in [0.25, 0.3) is 0 Å². The molecule has 0 spiro atoms. The van der Waals surface area contributed by atoms with Crippen LogP contribution in [0.5, 0.6) is 5.75 Å². The molecule has 1 aliphatic rings. The van der Waals surface area contributed by atoms with E-state index < -0.39 is 0 Å². The minimum absolute atomic E-state index is 0.147. The van der Waals surface area contributed by atoms with Gasteiger partial charge < -0.3 is 15.4 Å². The maximum Gasteiger partial charge on any atom is 0.319 e. The molecule has 1 atom stereocenters. The number of hydrogen-bond acceptors (Lipinski definition) is 3. The number of nitrogens with zero attached hydrogens (tertiary/aromatic N) is 1. The Morgan fingerprint density at radius 2 is 1.92 bits per heavy atom. The Bertz CT molecular complexity index is 730. The van der Waals surface area contributed by atoms with Gasteiger partial charge >= 0.3 is 6.03 Å². The first kappa shape index (κ1) is 18.5. The summed E-state index contributed by atoms with van der Waals surface area (Å²) in [6.07, 6.45) is 2.39. The molecule has 2 amide bonds. The zero-order valence-corrected chi connectivity index (χ0v) is 15.6. The zero-order valence-electron chi connectivity index (χ0n) is 14.9. The molecule has 2 aromatic rings. The van der Waals surface area contributed by atoms with Crippen LogP contribution in [0.2, 0.25) is 5.02 Å². The number of urea groups is 1. The number of methoxy groups -OCH3 is 1. The minimum Gasteiger partial charge on any atom is -0.497 e. The van der Waals surface area contributed by atoms with Gasteiger partial charge in [0.2, 0.25) is 0 Å². The fourth-order valence-corrected chi connectivity index (χ4v) is 3.46. The highest BCUT2D eigenvalue weighted by Crippen LogP contribution is 2.26. The lowest BCUT2D eigenvalue weighted by atomic mass is 10.1. The van der Waals surface area contributed by atoms with Crippen molar-refractivity contribution in [3.8, 4) is 5.75 Å². The van der Waals surface area contributed by atoms with Gasteiger partial charge in [0.15, 0.2) is 0 Å². The lowest BCUT2D eigenvalue weighted by Crippen LogP contribution is -2.38. The summed E-state index contributed by atoms with van der Waals surface area (Å²) >= 11 is 5.96. The van der Waals surface area contributed by atoms with Gasteiger partial charge in [0.05, 0.1) is 13.2 Å². The predicted octanol–water partition coefficient (Wildman–Crippen LogP) is 4.31. The number of likely N-dealkylation sites (tertiary alicyclic amines) is 1. The highest BCUT2D eigenvalue weighted by molar-refractivity contribution is 6.30. The minimum atomic E-state index is -0.232. The molecule has 138 valence electrons. The van der Waals surface area contributed by atoms with E-state index in [0.717, 1.165) is 18.8 Å². The number of carbonyl (C=O) groups is 1. The summed E-state index contributed by atoms with van der Waals surface area (Å²) in [7, 11) is 1.66. The summed E-state index contributed by atoms with van der Waals surface area (Å²) < 4.78 is 5.24. The van der Waals surface area contributed by atoms with Crippen LogP contribution in [-0.2, 0) is 0 Å².